The van der Waals surface area contributed by atoms with Gasteiger partial charge >= 0.3 is 51.4 Å². The van der Waals surface area contributed by atoms with Crippen LogP contribution in [0.3, 0.4) is 0 Å². The Morgan fingerprint density at radius 1 is 1.33 bits per heavy atom. The van der Waals surface area contributed by atoms with Gasteiger partial charge in [0.05, 0.1) is 17.9 Å². The molecule has 11 heteroatoms. The van der Waals surface area contributed by atoms with Gasteiger partial charge in [0.15, 0.2) is 0 Å². The van der Waals surface area contributed by atoms with Crippen LogP contribution in [0.4, 0.5) is 5.69 Å². The van der Waals surface area contributed by atoms with E-state index in [4.69, 9.17) is 4.52 Å². The number of aryl methyl sites for hydroxylation is 2. The Morgan fingerprint density at radius 3 is 2.78 bits per heavy atom. The first-order valence-corrected chi connectivity index (χ1v) is 7.57. The maximum absolute atomic E-state index is 12.0. The maximum atomic E-state index is 12.0. The molecule has 0 saturated heterocycles. The number of carbonyl (C=O) groups is 2. The molecule has 0 atom stereocenters. The van der Waals surface area contributed by atoms with E-state index in [0.29, 0.717) is 5.69 Å². The number of carboxylic acids is 1. The van der Waals surface area contributed by atoms with Crippen molar-refractivity contribution in [1.29, 1.82) is 0 Å². The molecule has 0 unspecified atom stereocenters. The molecule has 3 aromatic heterocycles. The van der Waals surface area contributed by atoms with Gasteiger partial charge in [-0.25, -0.2) is 4.98 Å². The predicted octanol–water partition coefficient (Wildman–Crippen LogP) is -2.89. The number of aromatic carboxylic acids is 1. The number of hydrogen-bond donors (Lipinski definition) is 2. The smallest absolute Gasteiger partial charge is 0.545 e. The fourth-order valence-electron chi connectivity index (χ4n) is 2.26. The fourth-order valence-corrected chi connectivity index (χ4v) is 2.26. The normalized spacial score (nSPS) is 10.3. The molecule has 3 rings (SSSR count). The van der Waals surface area contributed by atoms with E-state index in [1.54, 1.807) is 7.05 Å². The van der Waals surface area contributed by atoms with Crippen LogP contribution >= 0.6 is 0 Å². The molecule has 0 aliphatic carbocycles. The molecule has 10 nitrogen and oxygen atoms in total. The molecule has 134 valence electrons. The average Bonchev–Trinajstić information content (AvgIpc) is 3.20. The van der Waals surface area contributed by atoms with E-state index in [2.05, 4.69) is 20.4 Å². The van der Waals surface area contributed by atoms with Gasteiger partial charge in [-0.3, -0.25) is 4.79 Å². The summed E-state index contributed by atoms with van der Waals surface area (Å²) in [5, 5.41) is 26.5. The Balaban J connectivity index is 0.00000261. The van der Waals surface area contributed by atoms with Crippen LogP contribution in [-0.4, -0.2) is 36.7 Å². The number of aromatic hydroxyl groups is 1. The van der Waals surface area contributed by atoms with Crippen molar-refractivity contribution in [2.45, 2.75) is 12.8 Å². The van der Waals surface area contributed by atoms with Gasteiger partial charge in [-0.15, -0.1) is 0 Å². The van der Waals surface area contributed by atoms with Gasteiger partial charge in [0.25, 0.3) is 0 Å². The molecule has 3 heterocycles. The van der Waals surface area contributed by atoms with E-state index in [-0.39, 0.29) is 92.9 Å². The van der Waals surface area contributed by atoms with Crippen molar-refractivity contribution in [3.05, 3.63) is 42.2 Å². The van der Waals surface area contributed by atoms with Crippen LogP contribution in [0.25, 0.3) is 11.5 Å². The van der Waals surface area contributed by atoms with Crippen LogP contribution in [0.5, 0.6) is 5.75 Å². The molecule has 0 saturated carbocycles. The minimum atomic E-state index is -1.37. The number of aromatic nitrogens is 4. The van der Waals surface area contributed by atoms with Gasteiger partial charge < -0.3 is 29.4 Å². The van der Waals surface area contributed by atoms with Crippen LogP contribution in [-0.2, 0) is 18.3 Å². The number of pyridine rings is 1. The number of carbonyl (C=O) groups excluding carboxylic acids is 2. The quantitative estimate of drug-likeness (QED) is 0.423. The number of carboxylic acid groups (broad SMARTS) is 1. The summed E-state index contributed by atoms with van der Waals surface area (Å²) < 4.78 is 6.57. The van der Waals surface area contributed by atoms with E-state index in [9.17, 15) is 19.8 Å². The topological polar surface area (TPSA) is 146 Å². The number of rotatable bonds is 6. The average molecular weight is 395 g/mol. The van der Waals surface area contributed by atoms with E-state index >= 15 is 0 Å². The summed E-state index contributed by atoms with van der Waals surface area (Å²) in [6.45, 7) is 0. The SMILES string of the molecule is Cn1cc(NC(=O)CCc2nc(-c3ccc(O)cn3)no2)c(C(=O)[O-])c1.[K+]. The molecule has 0 aliphatic heterocycles. The number of nitrogens with zero attached hydrogens (tertiary/aromatic N) is 4. The first-order valence-electron chi connectivity index (χ1n) is 7.57. The molecule has 2 N–H and O–H groups in total. The van der Waals surface area contributed by atoms with Crippen LogP contribution in [0.1, 0.15) is 22.7 Å². The predicted molar refractivity (Wildman–Crippen MR) is 85.9 cm³/mol. The van der Waals surface area contributed by atoms with Crippen LogP contribution in [0.15, 0.2) is 35.2 Å². The van der Waals surface area contributed by atoms with Crippen molar-refractivity contribution < 1.29 is 75.7 Å². The molecular formula is C16H14KN5O5. The fraction of sp³-hybridized carbons (Fsp3) is 0.188. The van der Waals surface area contributed by atoms with Crippen molar-refractivity contribution >= 4 is 17.6 Å². The number of anilines is 1. The molecule has 27 heavy (non-hydrogen) atoms. The first-order chi connectivity index (χ1) is 12.4. The molecule has 0 aliphatic rings. The third kappa shape index (κ3) is 5.46. The summed E-state index contributed by atoms with van der Waals surface area (Å²) in [5.41, 5.74) is 0.487. The number of amides is 1. The van der Waals surface area contributed by atoms with Crippen LogP contribution in [0, 0.1) is 0 Å². The Hall–Kier alpha value is -2.05. The van der Waals surface area contributed by atoms with Crippen molar-refractivity contribution in [2.75, 3.05) is 5.32 Å². The minimum absolute atomic E-state index is 0. The second-order valence-corrected chi connectivity index (χ2v) is 5.50. The van der Waals surface area contributed by atoms with Gasteiger partial charge in [-0.1, -0.05) is 5.16 Å². The molecule has 3 aromatic rings. The van der Waals surface area contributed by atoms with E-state index in [1.165, 1.54) is 35.3 Å². The zero-order valence-electron chi connectivity index (χ0n) is 14.7. The Labute approximate surface area is 196 Å². The van der Waals surface area contributed by atoms with Gasteiger partial charge in [0, 0.05) is 37.8 Å². The minimum Gasteiger partial charge on any atom is -0.545 e. The summed E-state index contributed by atoms with van der Waals surface area (Å²) >= 11 is 0. The Kier molecular flexibility index (Phi) is 7.27. The molecule has 0 radical (unpaired) electrons. The number of nitrogens with one attached hydrogen (secondary N) is 1. The third-order valence-corrected chi connectivity index (χ3v) is 3.46. The van der Waals surface area contributed by atoms with Gasteiger partial charge in [-0.2, -0.15) is 4.98 Å². The zero-order valence-corrected chi connectivity index (χ0v) is 17.8. The molecule has 0 spiro atoms. The second kappa shape index (κ2) is 9.24. The van der Waals surface area contributed by atoms with Crippen molar-refractivity contribution in [3.63, 3.8) is 0 Å². The third-order valence-electron chi connectivity index (χ3n) is 3.46. The first kappa shape index (κ1) is 21.2. The zero-order chi connectivity index (χ0) is 18.7. The van der Waals surface area contributed by atoms with Crippen molar-refractivity contribution in [1.82, 2.24) is 19.7 Å². The molecule has 0 bridgehead atoms. The van der Waals surface area contributed by atoms with Gasteiger partial charge in [0.2, 0.25) is 17.6 Å². The van der Waals surface area contributed by atoms with Gasteiger partial charge in [0.1, 0.15) is 11.4 Å². The second-order valence-electron chi connectivity index (χ2n) is 5.50. The maximum Gasteiger partial charge on any atom is 1.00 e. The van der Waals surface area contributed by atoms with E-state index in [0.717, 1.165) is 0 Å². The Bertz CT molecular complexity index is 951. The van der Waals surface area contributed by atoms with Crippen LogP contribution in [0.2, 0.25) is 0 Å². The largest absolute Gasteiger partial charge is 1.00 e. The molecule has 1 amide bonds. The monoisotopic (exact) mass is 395 g/mol. The van der Waals surface area contributed by atoms with E-state index < -0.39 is 11.9 Å². The summed E-state index contributed by atoms with van der Waals surface area (Å²) in [4.78, 5) is 31.1. The number of hydrogen-bond acceptors (Lipinski definition) is 8. The standard InChI is InChI=1S/C16H15N5O5.K/c1-21-7-10(16(24)25)12(8-21)18-13(23)4-5-14-19-15(20-26-14)11-3-2-9(22)6-17-11;/h2-3,6-8,22H,4-5H2,1H3,(H,18,23)(H,24,25);/q;+1/p-1. The summed E-state index contributed by atoms with van der Waals surface area (Å²) in [6.07, 6.45) is 4.27. The van der Waals surface area contributed by atoms with Crippen molar-refractivity contribution in [2.24, 2.45) is 7.05 Å². The van der Waals surface area contributed by atoms with Crippen molar-refractivity contribution in [3.8, 4) is 17.3 Å². The molecule has 0 aromatic carbocycles. The Morgan fingerprint density at radius 2 is 2.11 bits per heavy atom. The molecule has 0 fully saturated rings. The molecular weight excluding hydrogens is 381 g/mol. The van der Waals surface area contributed by atoms with Gasteiger partial charge in [-0.05, 0) is 12.1 Å². The summed E-state index contributed by atoms with van der Waals surface area (Å²) in [7, 11) is 1.64. The van der Waals surface area contributed by atoms with E-state index in [1.807, 2.05) is 0 Å². The summed E-state index contributed by atoms with van der Waals surface area (Å²) in [6, 6.07) is 2.98. The van der Waals surface area contributed by atoms with Crippen LogP contribution < -0.4 is 61.8 Å². The summed E-state index contributed by atoms with van der Waals surface area (Å²) in [5.74, 6) is -1.28.